The molecule has 1 aliphatic heterocycles. The van der Waals surface area contributed by atoms with Crippen molar-refractivity contribution < 1.29 is 4.79 Å². The Morgan fingerprint density at radius 2 is 1.54 bits per heavy atom. The van der Waals surface area contributed by atoms with Gasteiger partial charge in [0, 0.05) is 51.3 Å². The molecule has 3 rings (SSSR count). The first-order valence-corrected chi connectivity index (χ1v) is 9.45. The van der Waals surface area contributed by atoms with Crippen LogP contribution in [0.15, 0.2) is 54.6 Å². The number of hydrogen-bond acceptors (Lipinski definition) is 3. The minimum atomic E-state index is 0.163. The van der Waals surface area contributed by atoms with E-state index in [9.17, 15) is 4.79 Å². The topological polar surface area (TPSA) is 26.8 Å². The van der Waals surface area contributed by atoms with Gasteiger partial charge in [0.1, 0.15) is 0 Å². The molecule has 26 heavy (non-hydrogen) atoms. The van der Waals surface area contributed by atoms with Crippen LogP contribution in [0.4, 0.5) is 0 Å². The van der Waals surface area contributed by atoms with E-state index < -0.39 is 0 Å². The Bertz CT molecular complexity index is 697. The molecule has 0 N–H and O–H groups in total. The minimum Gasteiger partial charge on any atom is -0.340 e. The molecule has 0 bridgehead atoms. The summed E-state index contributed by atoms with van der Waals surface area (Å²) in [5.41, 5.74) is 2.44. The molecule has 0 unspecified atom stereocenters. The van der Waals surface area contributed by atoms with E-state index in [4.69, 9.17) is 11.6 Å². The second-order valence-corrected chi connectivity index (χ2v) is 7.35. The molecule has 0 saturated carbocycles. The number of carbonyl (C=O) groups excluding carboxylic acids is 1. The van der Waals surface area contributed by atoms with Crippen molar-refractivity contribution in [1.29, 1.82) is 0 Å². The molecular formula is C21H26ClN3O. The van der Waals surface area contributed by atoms with Crippen LogP contribution in [0.5, 0.6) is 0 Å². The van der Waals surface area contributed by atoms with Crippen LogP contribution in [0.1, 0.15) is 11.1 Å². The van der Waals surface area contributed by atoms with Crippen molar-refractivity contribution in [2.75, 3.05) is 39.8 Å². The van der Waals surface area contributed by atoms with Crippen LogP contribution in [-0.4, -0.2) is 60.4 Å². The first kappa shape index (κ1) is 18.9. The zero-order chi connectivity index (χ0) is 18.4. The minimum absolute atomic E-state index is 0.163. The maximum absolute atomic E-state index is 12.5. The average molecular weight is 372 g/mol. The molecule has 1 heterocycles. The van der Waals surface area contributed by atoms with Gasteiger partial charge in [-0.1, -0.05) is 54.1 Å². The van der Waals surface area contributed by atoms with Gasteiger partial charge in [0.2, 0.25) is 5.91 Å². The summed E-state index contributed by atoms with van der Waals surface area (Å²) >= 11 is 5.91. The largest absolute Gasteiger partial charge is 0.340 e. The summed E-state index contributed by atoms with van der Waals surface area (Å²) in [5, 5.41) is 0.719. The fourth-order valence-electron chi connectivity index (χ4n) is 3.21. The van der Waals surface area contributed by atoms with E-state index >= 15 is 0 Å². The van der Waals surface area contributed by atoms with Gasteiger partial charge in [-0.2, -0.15) is 0 Å². The number of nitrogens with zero attached hydrogens (tertiary/aromatic N) is 3. The lowest BCUT2D eigenvalue weighted by atomic mass is 10.2. The average Bonchev–Trinajstić information content (AvgIpc) is 2.66. The third-order valence-corrected chi connectivity index (χ3v) is 5.08. The van der Waals surface area contributed by atoms with Crippen LogP contribution >= 0.6 is 11.6 Å². The summed E-state index contributed by atoms with van der Waals surface area (Å²) in [7, 11) is 1.86. The summed E-state index contributed by atoms with van der Waals surface area (Å²) in [4.78, 5) is 19.0. The number of benzene rings is 2. The molecule has 0 aromatic heterocycles. The molecule has 2 aromatic rings. The predicted octanol–water partition coefficient (Wildman–Crippen LogP) is 3.12. The Balaban J connectivity index is 1.42. The Kier molecular flexibility index (Phi) is 6.67. The van der Waals surface area contributed by atoms with Gasteiger partial charge < -0.3 is 4.90 Å². The Morgan fingerprint density at radius 1 is 0.923 bits per heavy atom. The van der Waals surface area contributed by atoms with E-state index in [1.807, 2.05) is 37.4 Å². The maximum atomic E-state index is 12.5. The third-order valence-electron chi connectivity index (χ3n) is 4.83. The normalized spacial score (nSPS) is 15.8. The first-order valence-electron chi connectivity index (χ1n) is 9.07. The third kappa shape index (κ3) is 5.56. The highest BCUT2D eigenvalue weighted by molar-refractivity contribution is 6.30. The van der Waals surface area contributed by atoms with Gasteiger partial charge in [-0.05, 0) is 23.3 Å². The number of hydrogen-bond donors (Lipinski definition) is 0. The molecule has 1 saturated heterocycles. The summed E-state index contributed by atoms with van der Waals surface area (Å²) in [6.45, 7) is 5.97. The number of rotatable bonds is 6. The van der Waals surface area contributed by atoms with Crippen LogP contribution < -0.4 is 0 Å². The summed E-state index contributed by atoms with van der Waals surface area (Å²) < 4.78 is 0. The van der Waals surface area contributed by atoms with Gasteiger partial charge in [0.15, 0.2) is 0 Å². The molecule has 4 nitrogen and oxygen atoms in total. The van der Waals surface area contributed by atoms with E-state index in [0.29, 0.717) is 13.1 Å². The number of likely N-dealkylation sites (N-methyl/N-ethyl adjacent to an activating group) is 1. The standard InChI is InChI=1S/C21H26ClN3O/c1-23(15-19-7-9-20(22)10-8-19)21(26)17-25-13-11-24(12-14-25)16-18-5-3-2-4-6-18/h2-10H,11-17H2,1H3. The number of carbonyl (C=O) groups is 1. The SMILES string of the molecule is CN(Cc1ccc(Cl)cc1)C(=O)CN1CCN(Cc2ccccc2)CC1. The molecule has 0 radical (unpaired) electrons. The smallest absolute Gasteiger partial charge is 0.236 e. The Labute approximate surface area is 161 Å². The van der Waals surface area contributed by atoms with Crippen molar-refractivity contribution >= 4 is 17.5 Å². The molecule has 5 heteroatoms. The number of amides is 1. The quantitative estimate of drug-likeness (QED) is 0.780. The zero-order valence-electron chi connectivity index (χ0n) is 15.3. The highest BCUT2D eigenvalue weighted by atomic mass is 35.5. The van der Waals surface area contributed by atoms with E-state index in [2.05, 4.69) is 34.1 Å². The zero-order valence-corrected chi connectivity index (χ0v) is 16.0. The predicted molar refractivity (Wildman–Crippen MR) is 106 cm³/mol. The van der Waals surface area contributed by atoms with Crippen molar-refractivity contribution in [3.05, 3.63) is 70.7 Å². The lowest BCUT2D eigenvalue weighted by Crippen LogP contribution is -2.49. The van der Waals surface area contributed by atoms with E-state index in [-0.39, 0.29) is 5.91 Å². The van der Waals surface area contributed by atoms with Gasteiger partial charge in [0.25, 0.3) is 0 Å². The fraction of sp³-hybridized carbons (Fsp3) is 0.381. The maximum Gasteiger partial charge on any atom is 0.236 e. The molecule has 0 atom stereocenters. The summed E-state index contributed by atoms with van der Waals surface area (Å²) in [6, 6.07) is 18.2. The highest BCUT2D eigenvalue weighted by Crippen LogP contribution is 2.12. The monoisotopic (exact) mass is 371 g/mol. The Hall–Kier alpha value is -1.88. The van der Waals surface area contributed by atoms with Crippen molar-refractivity contribution in [3.8, 4) is 0 Å². The second kappa shape index (κ2) is 9.17. The van der Waals surface area contributed by atoms with Gasteiger partial charge in [-0.25, -0.2) is 0 Å². The molecule has 0 spiro atoms. The molecule has 1 aliphatic rings. The van der Waals surface area contributed by atoms with Crippen molar-refractivity contribution in [2.24, 2.45) is 0 Å². The lowest BCUT2D eigenvalue weighted by Gasteiger charge is -2.35. The molecule has 138 valence electrons. The van der Waals surface area contributed by atoms with E-state index in [0.717, 1.165) is 43.3 Å². The van der Waals surface area contributed by atoms with Gasteiger partial charge in [-0.15, -0.1) is 0 Å². The van der Waals surface area contributed by atoms with Crippen molar-refractivity contribution in [2.45, 2.75) is 13.1 Å². The van der Waals surface area contributed by atoms with Gasteiger partial charge in [-0.3, -0.25) is 14.6 Å². The second-order valence-electron chi connectivity index (χ2n) is 6.91. The molecule has 1 amide bonds. The molecular weight excluding hydrogens is 346 g/mol. The summed E-state index contributed by atoms with van der Waals surface area (Å²) in [5.74, 6) is 0.163. The van der Waals surface area contributed by atoms with Crippen molar-refractivity contribution in [1.82, 2.24) is 14.7 Å². The van der Waals surface area contributed by atoms with Crippen LogP contribution in [0.2, 0.25) is 5.02 Å². The number of piperazine rings is 1. The molecule has 1 fully saturated rings. The van der Waals surface area contributed by atoms with Crippen molar-refractivity contribution in [3.63, 3.8) is 0 Å². The van der Waals surface area contributed by atoms with Crippen LogP contribution in [-0.2, 0) is 17.9 Å². The highest BCUT2D eigenvalue weighted by Gasteiger charge is 2.20. The van der Waals surface area contributed by atoms with Crippen LogP contribution in [0.3, 0.4) is 0 Å². The lowest BCUT2D eigenvalue weighted by molar-refractivity contribution is -0.132. The number of halogens is 1. The summed E-state index contributed by atoms with van der Waals surface area (Å²) in [6.07, 6.45) is 0. The fourth-order valence-corrected chi connectivity index (χ4v) is 3.34. The first-order chi connectivity index (χ1) is 12.6. The molecule has 0 aliphatic carbocycles. The molecule has 2 aromatic carbocycles. The van der Waals surface area contributed by atoms with Gasteiger partial charge >= 0.3 is 0 Å². The van der Waals surface area contributed by atoms with Gasteiger partial charge in [0.05, 0.1) is 6.54 Å². The van der Waals surface area contributed by atoms with E-state index in [1.54, 1.807) is 4.90 Å². The Morgan fingerprint density at radius 3 is 2.19 bits per heavy atom. The van der Waals surface area contributed by atoms with E-state index in [1.165, 1.54) is 5.56 Å². The van der Waals surface area contributed by atoms with Crippen LogP contribution in [0, 0.1) is 0 Å². The van der Waals surface area contributed by atoms with Crippen LogP contribution in [0.25, 0.3) is 0 Å².